The van der Waals surface area contributed by atoms with Crippen molar-refractivity contribution in [2.75, 3.05) is 13.6 Å². The Balaban J connectivity index is 2.07. The van der Waals surface area contributed by atoms with Gasteiger partial charge in [0.1, 0.15) is 11.5 Å². The van der Waals surface area contributed by atoms with Crippen molar-refractivity contribution >= 4 is 0 Å². The molecule has 3 nitrogen and oxygen atoms in total. The summed E-state index contributed by atoms with van der Waals surface area (Å²) in [6, 6.07) is 4.46. The Hall–Kier alpha value is -0.800. The van der Waals surface area contributed by atoms with Crippen LogP contribution in [0.5, 0.6) is 0 Å². The van der Waals surface area contributed by atoms with Gasteiger partial charge in [-0.25, -0.2) is 0 Å². The second-order valence-corrected chi connectivity index (χ2v) is 6.06. The van der Waals surface area contributed by atoms with Crippen LogP contribution in [0.3, 0.4) is 0 Å². The monoisotopic (exact) mass is 264 g/mol. The van der Waals surface area contributed by atoms with E-state index in [-0.39, 0.29) is 12.1 Å². The number of hydrogen-bond donors (Lipinski definition) is 1. The van der Waals surface area contributed by atoms with Crippen LogP contribution in [0.2, 0.25) is 0 Å². The zero-order valence-corrected chi connectivity index (χ0v) is 12.6. The van der Waals surface area contributed by atoms with E-state index in [1.54, 1.807) is 0 Å². The number of likely N-dealkylation sites (N-methyl/N-ethyl adjacent to an activating group) is 1. The molecule has 0 saturated heterocycles. The fourth-order valence-corrected chi connectivity index (χ4v) is 3.30. The van der Waals surface area contributed by atoms with Crippen LogP contribution in [0.1, 0.15) is 56.6 Å². The number of aryl methyl sites for hydroxylation is 1. The third-order valence-electron chi connectivity index (χ3n) is 4.43. The van der Waals surface area contributed by atoms with Crippen molar-refractivity contribution in [2.24, 2.45) is 11.7 Å². The number of rotatable bonds is 6. The molecule has 1 aliphatic rings. The molecule has 2 N–H and O–H groups in total. The number of nitrogens with zero attached hydrogens (tertiary/aromatic N) is 1. The molecule has 19 heavy (non-hydrogen) atoms. The Morgan fingerprint density at radius 1 is 1.37 bits per heavy atom. The lowest BCUT2D eigenvalue weighted by atomic mass is 10.00. The van der Waals surface area contributed by atoms with Crippen LogP contribution >= 0.6 is 0 Å². The Kier molecular flexibility index (Phi) is 5.06. The smallest absolute Gasteiger partial charge is 0.122 e. The van der Waals surface area contributed by atoms with Gasteiger partial charge in [-0.05, 0) is 51.3 Å². The molecule has 1 saturated carbocycles. The van der Waals surface area contributed by atoms with Crippen molar-refractivity contribution in [1.29, 1.82) is 0 Å². The number of nitrogens with two attached hydrogens (primary N) is 1. The normalized spacial score (nSPS) is 20.1. The van der Waals surface area contributed by atoms with E-state index in [4.69, 9.17) is 10.2 Å². The van der Waals surface area contributed by atoms with Crippen molar-refractivity contribution in [2.45, 2.75) is 58.0 Å². The van der Waals surface area contributed by atoms with E-state index in [0.29, 0.717) is 0 Å². The molecule has 0 aromatic carbocycles. The topological polar surface area (TPSA) is 42.4 Å². The average Bonchev–Trinajstić information content (AvgIpc) is 3.01. The Morgan fingerprint density at radius 3 is 2.58 bits per heavy atom. The van der Waals surface area contributed by atoms with Gasteiger partial charge in [0.25, 0.3) is 0 Å². The van der Waals surface area contributed by atoms with Crippen molar-refractivity contribution < 1.29 is 4.42 Å². The van der Waals surface area contributed by atoms with Crippen molar-refractivity contribution in [1.82, 2.24) is 4.90 Å². The lowest BCUT2D eigenvalue weighted by Gasteiger charge is -2.32. The van der Waals surface area contributed by atoms with Gasteiger partial charge in [0.05, 0.1) is 6.04 Å². The molecule has 2 rings (SSSR count). The molecule has 1 fully saturated rings. The Morgan fingerprint density at radius 2 is 2.05 bits per heavy atom. The Labute approximate surface area is 117 Å². The predicted molar refractivity (Wildman–Crippen MR) is 79.0 cm³/mol. The van der Waals surface area contributed by atoms with Gasteiger partial charge in [-0.3, -0.25) is 4.90 Å². The van der Waals surface area contributed by atoms with Crippen LogP contribution in [0.25, 0.3) is 0 Å². The Bertz CT molecular complexity index is 382. The van der Waals surface area contributed by atoms with Crippen LogP contribution in [-0.2, 0) is 0 Å². The first-order valence-corrected chi connectivity index (χ1v) is 7.64. The maximum atomic E-state index is 6.33. The summed E-state index contributed by atoms with van der Waals surface area (Å²) in [4.78, 5) is 2.41. The van der Waals surface area contributed by atoms with Crippen LogP contribution in [0.4, 0.5) is 0 Å². The summed E-state index contributed by atoms with van der Waals surface area (Å²) < 4.78 is 5.83. The molecule has 0 radical (unpaired) electrons. The fourth-order valence-electron chi connectivity index (χ4n) is 3.30. The van der Waals surface area contributed by atoms with Gasteiger partial charge in [-0.15, -0.1) is 0 Å². The molecule has 0 spiro atoms. The van der Waals surface area contributed by atoms with Gasteiger partial charge in [-0.1, -0.05) is 19.8 Å². The lowest BCUT2D eigenvalue weighted by Crippen LogP contribution is -2.40. The third kappa shape index (κ3) is 3.61. The summed E-state index contributed by atoms with van der Waals surface area (Å²) in [7, 11) is 2.19. The zero-order valence-electron chi connectivity index (χ0n) is 12.6. The lowest BCUT2D eigenvalue weighted by molar-refractivity contribution is 0.158. The van der Waals surface area contributed by atoms with Gasteiger partial charge in [-0.2, -0.15) is 0 Å². The predicted octanol–water partition coefficient (Wildman–Crippen LogP) is 3.49. The fraction of sp³-hybridized carbons (Fsp3) is 0.750. The summed E-state index contributed by atoms with van der Waals surface area (Å²) in [5, 5.41) is 0. The average molecular weight is 264 g/mol. The quantitative estimate of drug-likeness (QED) is 0.855. The van der Waals surface area contributed by atoms with E-state index in [1.165, 1.54) is 25.7 Å². The molecule has 0 aliphatic heterocycles. The van der Waals surface area contributed by atoms with E-state index in [9.17, 15) is 0 Å². The number of furan rings is 1. The molecule has 0 bridgehead atoms. The molecule has 1 aromatic heterocycles. The van der Waals surface area contributed by atoms with E-state index in [0.717, 1.165) is 30.4 Å². The highest BCUT2D eigenvalue weighted by Crippen LogP contribution is 2.30. The van der Waals surface area contributed by atoms with Crippen LogP contribution in [0.15, 0.2) is 16.5 Å². The molecule has 3 heteroatoms. The van der Waals surface area contributed by atoms with Gasteiger partial charge >= 0.3 is 0 Å². The van der Waals surface area contributed by atoms with Gasteiger partial charge in [0.2, 0.25) is 0 Å². The van der Waals surface area contributed by atoms with Crippen LogP contribution in [-0.4, -0.2) is 24.5 Å². The highest BCUT2D eigenvalue weighted by atomic mass is 16.3. The summed E-state index contributed by atoms with van der Waals surface area (Å²) in [6.07, 6.45) is 6.50. The second-order valence-electron chi connectivity index (χ2n) is 6.06. The summed E-state index contributed by atoms with van der Waals surface area (Å²) in [5.74, 6) is 2.83. The molecule has 0 amide bonds. The van der Waals surface area contributed by atoms with E-state index < -0.39 is 0 Å². The van der Waals surface area contributed by atoms with E-state index in [1.807, 2.05) is 13.0 Å². The first kappa shape index (κ1) is 14.6. The minimum atomic E-state index is 0.136. The molecular weight excluding hydrogens is 236 g/mol. The summed E-state index contributed by atoms with van der Waals surface area (Å²) in [6.45, 7) is 5.28. The van der Waals surface area contributed by atoms with Crippen LogP contribution in [0, 0.1) is 12.8 Å². The third-order valence-corrected chi connectivity index (χ3v) is 4.43. The summed E-state index contributed by atoms with van der Waals surface area (Å²) in [5.41, 5.74) is 6.33. The minimum absolute atomic E-state index is 0.136. The minimum Gasteiger partial charge on any atom is -0.465 e. The number of hydrogen-bond acceptors (Lipinski definition) is 3. The maximum absolute atomic E-state index is 6.33. The summed E-state index contributed by atoms with van der Waals surface area (Å²) >= 11 is 0. The molecule has 2 atom stereocenters. The van der Waals surface area contributed by atoms with Gasteiger partial charge in [0.15, 0.2) is 0 Å². The zero-order chi connectivity index (χ0) is 13.8. The first-order valence-electron chi connectivity index (χ1n) is 7.64. The highest BCUT2D eigenvalue weighted by molar-refractivity contribution is 5.12. The van der Waals surface area contributed by atoms with Gasteiger partial charge in [0, 0.05) is 12.6 Å². The van der Waals surface area contributed by atoms with Crippen molar-refractivity contribution in [3.05, 3.63) is 23.7 Å². The molecule has 1 aromatic rings. The van der Waals surface area contributed by atoms with Gasteiger partial charge < -0.3 is 10.2 Å². The molecule has 1 heterocycles. The van der Waals surface area contributed by atoms with Crippen LogP contribution < -0.4 is 5.73 Å². The molecule has 2 unspecified atom stereocenters. The molecule has 1 aliphatic carbocycles. The van der Waals surface area contributed by atoms with E-state index >= 15 is 0 Å². The largest absolute Gasteiger partial charge is 0.465 e. The highest BCUT2D eigenvalue weighted by Gasteiger charge is 2.28. The standard InChI is InChI=1S/C16H28N2O/c1-4-14(17)16(15-10-9-12(2)19-15)18(3)11-13-7-5-6-8-13/h9-10,13-14,16H,4-8,11,17H2,1-3H3. The molecular formula is C16H28N2O. The maximum Gasteiger partial charge on any atom is 0.122 e. The molecule has 108 valence electrons. The van der Waals surface area contributed by atoms with Crippen molar-refractivity contribution in [3.63, 3.8) is 0 Å². The van der Waals surface area contributed by atoms with Crippen molar-refractivity contribution in [3.8, 4) is 0 Å². The van der Waals surface area contributed by atoms with E-state index in [2.05, 4.69) is 24.9 Å². The second kappa shape index (κ2) is 6.58. The SMILES string of the molecule is CCC(N)C(c1ccc(C)o1)N(C)CC1CCCC1. The first-order chi connectivity index (χ1) is 9.11.